The Bertz CT molecular complexity index is 379. The second-order valence-electron chi connectivity index (χ2n) is 3.62. The average Bonchev–Trinajstić information content (AvgIpc) is 2.76. The van der Waals surface area contributed by atoms with Crippen LogP contribution in [-0.4, -0.2) is 14.8 Å². The number of hydrogen-bond donors (Lipinski definition) is 1. The Balaban J connectivity index is 2.05. The van der Waals surface area contributed by atoms with Crippen LogP contribution in [0.3, 0.4) is 0 Å². The van der Waals surface area contributed by atoms with Gasteiger partial charge >= 0.3 is 0 Å². The van der Waals surface area contributed by atoms with Gasteiger partial charge < -0.3 is 4.57 Å². The number of aryl methyl sites for hydroxylation is 3. The average molecular weight is 189 g/mol. The fourth-order valence-electron chi connectivity index (χ4n) is 1.71. The van der Waals surface area contributed by atoms with E-state index in [4.69, 9.17) is 0 Å². The molecule has 0 saturated carbocycles. The summed E-state index contributed by atoms with van der Waals surface area (Å²) < 4.78 is 2.33. The Morgan fingerprint density at radius 2 is 2.00 bits per heavy atom. The maximum absolute atomic E-state index is 3.93. The number of H-pyrrole nitrogens is 1. The summed E-state index contributed by atoms with van der Waals surface area (Å²) in [7, 11) is 0. The second-order valence-corrected chi connectivity index (χ2v) is 3.62. The third-order valence-electron chi connectivity index (χ3n) is 2.60. The lowest BCUT2D eigenvalue weighted by Crippen LogP contribution is -2.04. The molecule has 0 aliphatic heterocycles. The molecule has 14 heavy (non-hydrogen) atoms. The molecule has 0 aromatic carbocycles. The maximum atomic E-state index is 3.93. The van der Waals surface area contributed by atoms with Gasteiger partial charge in [0.05, 0.1) is 6.20 Å². The molecule has 2 rings (SSSR count). The zero-order valence-corrected chi connectivity index (χ0v) is 8.62. The summed E-state index contributed by atoms with van der Waals surface area (Å²) in [6, 6.07) is 4.31. The van der Waals surface area contributed by atoms with Gasteiger partial charge in [0.15, 0.2) is 0 Å². The van der Waals surface area contributed by atoms with Crippen LogP contribution in [0.2, 0.25) is 0 Å². The van der Waals surface area contributed by atoms with Crippen LogP contribution in [-0.2, 0) is 13.0 Å². The number of hydrogen-bond acceptors (Lipinski definition) is 1. The molecule has 0 unspecified atom stereocenters. The summed E-state index contributed by atoms with van der Waals surface area (Å²) in [6.45, 7) is 5.31. The van der Waals surface area contributed by atoms with Gasteiger partial charge in [-0.1, -0.05) is 0 Å². The molecule has 2 aromatic rings. The first-order valence-corrected chi connectivity index (χ1v) is 4.88. The molecule has 2 aromatic heterocycles. The van der Waals surface area contributed by atoms with Crippen molar-refractivity contribution in [3.05, 3.63) is 41.5 Å². The first kappa shape index (κ1) is 9.06. The SMILES string of the molecule is Cc1ccc(C)n1CCc1cn[nH]c1. The Kier molecular flexibility index (Phi) is 2.39. The van der Waals surface area contributed by atoms with Crippen molar-refractivity contribution in [3.63, 3.8) is 0 Å². The highest BCUT2D eigenvalue weighted by atomic mass is 15.1. The van der Waals surface area contributed by atoms with E-state index in [0.717, 1.165) is 13.0 Å². The van der Waals surface area contributed by atoms with Gasteiger partial charge in [0.1, 0.15) is 0 Å². The van der Waals surface area contributed by atoms with Crippen LogP contribution in [0, 0.1) is 13.8 Å². The first-order chi connectivity index (χ1) is 6.77. The number of rotatable bonds is 3. The molecule has 2 heterocycles. The van der Waals surface area contributed by atoms with Crippen LogP contribution in [0.4, 0.5) is 0 Å². The van der Waals surface area contributed by atoms with Crippen LogP contribution >= 0.6 is 0 Å². The summed E-state index contributed by atoms with van der Waals surface area (Å²) in [5.41, 5.74) is 3.91. The molecule has 3 nitrogen and oxygen atoms in total. The van der Waals surface area contributed by atoms with Gasteiger partial charge in [-0.15, -0.1) is 0 Å². The normalized spacial score (nSPS) is 10.7. The van der Waals surface area contributed by atoms with Crippen molar-refractivity contribution in [3.8, 4) is 0 Å². The number of nitrogens with one attached hydrogen (secondary N) is 1. The molecule has 0 aliphatic rings. The molecule has 0 radical (unpaired) electrons. The minimum atomic E-state index is 1.03. The predicted octanol–water partition coefficient (Wildman–Crippen LogP) is 2.07. The Hall–Kier alpha value is -1.51. The van der Waals surface area contributed by atoms with Gasteiger partial charge in [-0.2, -0.15) is 5.10 Å². The molecule has 0 fully saturated rings. The lowest BCUT2D eigenvalue weighted by molar-refractivity contribution is 0.664. The smallest absolute Gasteiger partial charge is 0.0519 e. The highest BCUT2D eigenvalue weighted by molar-refractivity contribution is 5.14. The highest BCUT2D eigenvalue weighted by Crippen LogP contribution is 2.08. The van der Waals surface area contributed by atoms with Crippen molar-refractivity contribution in [1.82, 2.24) is 14.8 Å². The minimum Gasteiger partial charge on any atom is -0.349 e. The van der Waals surface area contributed by atoms with Crippen molar-refractivity contribution in [2.24, 2.45) is 0 Å². The van der Waals surface area contributed by atoms with Gasteiger partial charge in [0.25, 0.3) is 0 Å². The topological polar surface area (TPSA) is 33.6 Å². The van der Waals surface area contributed by atoms with Gasteiger partial charge in [0, 0.05) is 24.1 Å². The Morgan fingerprint density at radius 3 is 2.57 bits per heavy atom. The summed E-state index contributed by atoms with van der Waals surface area (Å²) >= 11 is 0. The van der Waals surface area contributed by atoms with Gasteiger partial charge in [-0.05, 0) is 38.0 Å². The van der Waals surface area contributed by atoms with Crippen LogP contribution in [0.15, 0.2) is 24.5 Å². The number of nitrogens with zero attached hydrogens (tertiary/aromatic N) is 2. The summed E-state index contributed by atoms with van der Waals surface area (Å²) in [4.78, 5) is 0. The van der Waals surface area contributed by atoms with E-state index in [9.17, 15) is 0 Å². The van der Waals surface area contributed by atoms with E-state index < -0.39 is 0 Å². The van der Waals surface area contributed by atoms with E-state index in [-0.39, 0.29) is 0 Å². The number of aromatic nitrogens is 3. The van der Waals surface area contributed by atoms with E-state index in [0.29, 0.717) is 0 Å². The molecule has 0 bridgehead atoms. The van der Waals surface area contributed by atoms with Crippen molar-refractivity contribution < 1.29 is 0 Å². The van der Waals surface area contributed by atoms with Crippen molar-refractivity contribution >= 4 is 0 Å². The monoisotopic (exact) mass is 189 g/mol. The zero-order chi connectivity index (χ0) is 9.97. The molecule has 0 aliphatic carbocycles. The lowest BCUT2D eigenvalue weighted by atomic mass is 10.2. The number of aromatic amines is 1. The fraction of sp³-hybridized carbons (Fsp3) is 0.364. The standard InChI is InChI=1S/C11H15N3/c1-9-3-4-10(2)14(9)6-5-11-7-12-13-8-11/h3-4,7-8H,5-6H2,1-2H3,(H,12,13). The molecular weight excluding hydrogens is 174 g/mol. The van der Waals surface area contributed by atoms with Crippen LogP contribution in [0.5, 0.6) is 0 Å². The van der Waals surface area contributed by atoms with Crippen LogP contribution < -0.4 is 0 Å². The van der Waals surface area contributed by atoms with E-state index in [2.05, 4.69) is 40.7 Å². The van der Waals surface area contributed by atoms with E-state index in [1.54, 1.807) is 0 Å². The second kappa shape index (κ2) is 3.70. The quantitative estimate of drug-likeness (QED) is 0.788. The van der Waals surface area contributed by atoms with Crippen LogP contribution in [0.1, 0.15) is 17.0 Å². The molecule has 3 heteroatoms. The molecule has 0 spiro atoms. The van der Waals surface area contributed by atoms with Gasteiger partial charge in [-0.3, -0.25) is 5.10 Å². The Morgan fingerprint density at radius 1 is 1.29 bits per heavy atom. The van der Waals surface area contributed by atoms with Crippen molar-refractivity contribution in [2.75, 3.05) is 0 Å². The fourth-order valence-corrected chi connectivity index (χ4v) is 1.71. The highest BCUT2D eigenvalue weighted by Gasteiger charge is 2.01. The zero-order valence-electron chi connectivity index (χ0n) is 8.62. The summed E-state index contributed by atoms with van der Waals surface area (Å²) in [5, 5.41) is 6.76. The third-order valence-corrected chi connectivity index (χ3v) is 2.60. The lowest BCUT2D eigenvalue weighted by Gasteiger charge is -2.07. The largest absolute Gasteiger partial charge is 0.349 e. The predicted molar refractivity (Wildman–Crippen MR) is 56.2 cm³/mol. The summed E-state index contributed by atoms with van der Waals surface area (Å²) in [5.74, 6) is 0. The maximum Gasteiger partial charge on any atom is 0.0519 e. The van der Waals surface area contributed by atoms with Crippen molar-refractivity contribution in [2.45, 2.75) is 26.8 Å². The molecule has 0 saturated heterocycles. The van der Waals surface area contributed by atoms with E-state index in [1.807, 2.05) is 12.4 Å². The first-order valence-electron chi connectivity index (χ1n) is 4.88. The summed E-state index contributed by atoms with van der Waals surface area (Å²) in [6.07, 6.45) is 4.87. The third kappa shape index (κ3) is 1.71. The molecule has 0 amide bonds. The minimum absolute atomic E-state index is 1.03. The van der Waals surface area contributed by atoms with Crippen molar-refractivity contribution in [1.29, 1.82) is 0 Å². The van der Waals surface area contributed by atoms with Crippen LogP contribution in [0.25, 0.3) is 0 Å². The molecule has 0 atom stereocenters. The van der Waals surface area contributed by atoms with Gasteiger partial charge in [0.2, 0.25) is 0 Å². The van der Waals surface area contributed by atoms with E-state index in [1.165, 1.54) is 17.0 Å². The van der Waals surface area contributed by atoms with E-state index >= 15 is 0 Å². The molecule has 1 N–H and O–H groups in total. The molecular formula is C11H15N3. The van der Waals surface area contributed by atoms with Gasteiger partial charge in [-0.25, -0.2) is 0 Å². The molecule has 74 valence electrons. The Labute approximate surface area is 83.8 Å².